The lowest BCUT2D eigenvalue weighted by Gasteiger charge is -2.23. The summed E-state index contributed by atoms with van der Waals surface area (Å²) >= 11 is 0. The minimum atomic E-state index is -1.24. The molecule has 0 aliphatic heterocycles. The first-order valence-electron chi connectivity index (χ1n) is 13.0. The fourth-order valence-electron chi connectivity index (χ4n) is 4.15. The number of carbonyl (C=O) groups is 4. The number of aliphatic carboxylic acids is 1. The Morgan fingerprint density at radius 2 is 1.73 bits per heavy atom. The van der Waals surface area contributed by atoms with Crippen LogP contribution in [0.5, 0.6) is 0 Å². The van der Waals surface area contributed by atoms with Gasteiger partial charge in [-0.15, -0.1) is 0 Å². The number of carboxylic acid groups (broad SMARTS) is 1. The van der Waals surface area contributed by atoms with Gasteiger partial charge in [0, 0.05) is 48.4 Å². The molecule has 3 rings (SSSR count). The molecule has 1 aromatic carbocycles. The first kappa shape index (κ1) is 30.6. The summed E-state index contributed by atoms with van der Waals surface area (Å²) in [6.07, 6.45) is 5.43. The van der Waals surface area contributed by atoms with Gasteiger partial charge in [-0.3, -0.25) is 19.4 Å². The Bertz CT molecular complexity index is 1370. The molecule has 0 aliphatic carbocycles. The Hall–Kier alpha value is -4.92. The van der Waals surface area contributed by atoms with Crippen LogP contribution in [0.1, 0.15) is 31.0 Å². The van der Waals surface area contributed by atoms with Gasteiger partial charge in [-0.2, -0.15) is 0 Å². The van der Waals surface area contributed by atoms with Crippen molar-refractivity contribution in [3.63, 3.8) is 0 Å². The molecule has 15 heteroatoms. The smallest absolute Gasteiger partial charge is 0.326 e. The van der Waals surface area contributed by atoms with Gasteiger partial charge < -0.3 is 48.2 Å². The van der Waals surface area contributed by atoms with E-state index in [2.05, 4.69) is 35.9 Å². The molecule has 15 nitrogen and oxygen atoms in total. The molecule has 2 heterocycles. The molecule has 0 saturated heterocycles. The van der Waals surface area contributed by atoms with Gasteiger partial charge in [-0.1, -0.05) is 18.2 Å². The van der Waals surface area contributed by atoms with E-state index in [1.54, 1.807) is 6.20 Å². The summed E-state index contributed by atoms with van der Waals surface area (Å²) in [5.74, 6) is -3.22. The van der Waals surface area contributed by atoms with E-state index < -0.39 is 47.9 Å². The second kappa shape index (κ2) is 14.5. The monoisotopic (exact) mass is 568 g/mol. The number of hydrogen-bond donors (Lipinski definition) is 9. The maximum atomic E-state index is 13.2. The van der Waals surface area contributed by atoms with Crippen molar-refractivity contribution in [2.75, 3.05) is 6.54 Å². The summed E-state index contributed by atoms with van der Waals surface area (Å²) < 4.78 is 0. The van der Waals surface area contributed by atoms with Crippen LogP contribution in [-0.4, -0.2) is 80.4 Å². The van der Waals surface area contributed by atoms with Crippen molar-refractivity contribution in [1.29, 1.82) is 0 Å². The lowest BCUT2D eigenvalue weighted by atomic mass is 10.0. The zero-order chi connectivity index (χ0) is 29.9. The quantitative estimate of drug-likeness (QED) is 0.0593. The number of carbonyl (C=O) groups excluding carboxylic acids is 3. The number of H-pyrrole nitrogens is 2. The highest BCUT2D eigenvalue weighted by Gasteiger charge is 2.29. The number of rotatable bonds is 15. The summed E-state index contributed by atoms with van der Waals surface area (Å²) in [5, 5.41) is 18.2. The third kappa shape index (κ3) is 9.06. The van der Waals surface area contributed by atoms with Gasteiger partial charge in [0.15, 0.2) is 5.96 Å². The van der Waals surface area contributed by atoms with Crippen LogP contribution in [0.4, 0.5) is 0 Å². The Labute approximate surface area is 235 Å². The van der Waals surface area contributed by atoms with Gasteiger partial charge in [-0.25, -0.2) is 9.78 Å². The summed E-state index contributed by atoms with van der Waals surface area (Å²) in [6.45, 7) is 1.72. The van der Waals surface area contributed by atoms with Crippen LogP contribution in [0.15, 0.2) is 48.0 Å². The lowest BCUT2D eigenvalue weighted by Crippen LogP contribution is -2.57. The molecule has 220 valence electrons. The average Bonchev–Trinajstić information content (AvgIpc) is 3.60. The highest BCUT2D eigenvalue weighted by Crippen LogP contribution is 2.19. The van der Waals surface area contributed by atoms with Crippen molar-refractivity contribution < 1.29 is 24.3 Å². The molecule has 0 radical (unpaired) electrons. The number of para-hydroxylation sites is 1. The molecule has 0 fully saturated rings. The van der Waals surface area contributed by atoms with Crippen LogP contribution in [0.3, 0.4) is 0 Å². The fraction of sp³-hybridized carbons (Fsp3) is 0.385. The van der Waals surface area contributed by atoms with Gasteiger partial charge in [0.25, 0.3) is 0 Å². The first-order valence-corrected chi connectivity index (χ1v) is 13.0. The molecule has 0 bridgehead atoms. The normalized spacial score (nSPS) is 13.9. The maximum absolute atomic E-state index is 13.2. The Kier molecular flexibility index (Phi) is 10.8. The van der Waals surface area contributed by atoms with Gasteiger partial charge in [0.1, 0.15) is 18.1 Å². The van der Waals surface area contributed by atoms with Crippen molar-refractivity contribution >= 4 is 40.6 Å². The van der Waals surface area contributed by atoms with Crippen LogP contribution < -0.4 is 33.2 Å². The molecule has 3 amide bonds. The van der Waals surface area contributed by atoms with E-state index in [-0.39, 0.29) is 25.2 Å². The molecular weight excluding hydrogens is 532 g/mol. The second-order valence-electron chi connectivity index (χ2n) is 9.59. The molecular formula is C26H36N10O5. The van der Waals surface area contributed by atoms with Crippen LogP contribution in [0.25, 0.3) is 10.9 Å². The second-order valence-corrected chi connectivity index (χ2v) is 9.59. The first-order chi connectivity index (χ1) is 19.5. The van der Waals surface area contributed by atoms with Gasteiger partial charge >= 0.3 is 5.97 Å². The number of nitrogens with two attached hydrogens (primary N) is 3. The highest BCUT2D eigenvalue weighted by atomic mass is 16.4. The highest BCUT2D eigenvalue weighted by molar-refractivity contribution is 5.94. The van der Waals surface area contributed by atoms with Crippen LogP contribution in [-0.2, 0) is 32.0 Å². The number of carboxylic acids is 1. The number of aromatic amines is 2. The third-order valence-electron chi connectivity index (χ3n) is 6.38. The van der Waals surface area contributed by atoms with Gasteiger partial charge in [-0.05, 0) is 31.4 Å². The molecule has 4 atom stereocenters. The number of guanidine groups is 1. The van der Waals surface area contributed by atoms with Crippen molar-refractivity contribution in [2.45, 2.75) is 56.8 Å². The molecule has 3 aromatic rings. The third-order valence-corrected chi connectivity index (χ3v) is 6.38. The van der Waals surface area contributed by atoms with Crippen molar-refractivity contribution in [2.24, 2.45) is 22.2 Å². The predicted octanol–water partition coefficient (Wildman–Crippen LogP) is -1.38. The summed E-state index contributed by atoms with van der Waals surface area (Å²) in [7, 11) is 0. The van der Waals surface area contributed by atoms with E-state index in [9.17, 15) is 24.3 Å². The van der Waals surface area contributed by atoms with E-state index in [1.807, 2.05) is 24.3 Å². The molecule has 0 saturated carbocycles. The standard InChI is InChI=1S/C26H36N10O5/c1-14(22(37)36-21(25(40)41)9-15-11-32-19-7-3-2-5-17(15)19)34-24(39)20(10-16-12-30-13-33-16)35-23(38)18(27)6-4-8-31-26(28)29/h2-3,5,7,11-14,18,20-21,32H,4,6,8-10,27H2,1H3,(H,30,33)(H,34,39)(H,35,38)(H,36,37)(H,40,41)(H4,28,29,31). The van der Waals surface area contributed by atoms with Crippen LogP contribution >= 0.6 is 0 Å². The van der Waals surface area contributed by atoms with E-state index in [4.69, 9.17) is 17.2 Å². The minimum absolute atomic E-state index is 0.0331. The molecule has 12 N–H and O–H groups in total. The van der Waals surface area contributed by atoms with E-state index in [0.717, 1.165) is 16.5 Å². The SMILES string of the molecule is CC(NC(=O)C(Cc1cnc[nH]1)NC(=O)C(N)CCCN=C(N)N)C(=O)NC(Cc1c[nH]c2ccccc12)C(=O)O. The largest absolute Gasteiger partial charge is 0.480 e. The van der Waals surface area contributed by atoms with Crippen molar-refractivity contribution in [3.8, 4) is 0 Å². The molecule has 2 aromatic heterocycles. The average molecular weight is 569 g/mol. The van der Waals surface area contributed by atoms with Gasteiger partial charge in [0.2, 0.25) is 17.7 Å². The van der Waals surface area contributed by atoms with E-state index >= 15 is 0 Å². The van der Waals surface area contributed by atoms with Crippen LogP contribution in [0.2, 0.25) is 0 Å². The molecule has 0 aliphatic rings. The number of benzene rings is 1. The molecule has 4 unspecified atom stereocenters. The number of fused-ring (bicyclic) bond motifs is 1. The number of aromatic nitrogens is 3. The fourth-order valence-corrected chi connectivity index (χ4v) is 4.15. The number of amides is 3. The molecule has 0 spiro atoms. The number of imidazole rings is 1. The number of hydrogen-bond acceptors (Lipinski definition) is 7. The van der Waals surface area contributed by atoms with Crippen molar-refractivity contribution in [3.05, 3.63) is 54.2 Å². The summed E-state index contributed by atoms with van der Waals surface area (Å²) in [5.41, 5.74) is 18.7. The number of aliphatic imine (C=N–C) groups is 1. The number of nitrogens with zero attached hydrogens (tertiary/aromatic N) is 2. The Morgan fingerprint density at radius 3 is 2.41 bits per heavy atom. The number of nitrogens with one attached hydrogen (secondary N) is 5. The Morgan fingerprint density at radius 1 is 1.00 bits per heavy atom. The van der Waals surface area contributed by atoms with Gasteiger partial charge in [0.05, 0.1) is 12.4 Å². The van der Waals surface area contributed by atoms with Crippen LogP contribution in [0, 0.1) is 0 Å². The summed E-state index contributed by atoms with van der Waals surface area (Å²) in [4.78, 5) is 64.4. The summed E-state index contributed by atoms with van der Waals surface area (Å²) in [6, 6.07) is 3.04. The zero-order valence-electron chi connectivity index (χ0n) is 22.6. The Balaban J connectivity index is 1.62. The van der Waals surface area contributed by atoms with E-state index in [1.165, 1.54) is 19.4 Å². The van der Waals surface area contributed by atoms with Crippen molar-refractivity contribution in [1.82, 2.24) is 30.9 Å². The predicted molar refractivity (Wildman–Crippen MR) is 151 cm³/mol. The molecule has 41 heavy (non-hydrogen) atoms. The van der Waals surface area contributed by atoms with E-state index in [0.29, 0.717) is 18.7 Å². The topological polar surface area (TPSA) is 259 Å². The lowest BCUT2D eigenvalue weighted by molar-refractivity contribution is -0.142. The maximum Gasteiger partial charge on any atom is 0.326 e. The minimum Gasteiger partial charge on any atom is -0.480 e. The zero-order valence-corrected chi connectivity index (χ0v) is 22.6.